The van der Waals surface area contributed by atoms with Crippen molar-refractivity contribution in [3.8, 4) is 5.69 Å². The van der Waals surface area contributed by atoms with Crippen LogP contribution in [0.5, 0.6) is 0 Å². The monoisotopic (exact) mass is 461 g/mol. The second-order valence-electron chi connectivity index (χ2n) is 8.13. The first-order valence-corrected chi connectivity index (χ1v) is 11.4. The summed E-state index contributed by atoms with van der Waals surface area (Å²) in [7, 11) is 0. The van der Waals surface area contributed by atoms with Crippen molar-refractivity contribution in [2.24, 2.45) is 5.73 Å². The lowest BCUT2D eigenvalue weighted by Gasteiger charge is -2.31. The number of anilines is 2. The molecule has 1 aromatic carbocycles. The van der Waals surface area contributed by atoms with E-state index in [-0.39, 0.29) is 6.10 Å². The lowest BCUT2D eigenvalue weighted by Crippen LogP contribution is -2.39. The maximum Gasteiger partial charge on any atom is 0.404 e. The van der Waals surface area contributed by atoms with E-state index in [1.165, 1.54) is 0 Å². The van der Waals surface area contributed by atoms with Crippen LogP contribution < -0.4 is 16.0 Å². The minimum atomic E-state index is -0.732. The number of ether oxygens (including phenoxy) is 1. The van der Waals surface area contributed by atoms with Crippen molar-refractivity contribution in [2.75, 3.05) is 23.3 Å². The number of piperidine rings is 1. The SMILES string of the molecule is CCn1cnc2c(NCc3ccccc3-n3cccn3)nc(N3CCC(OC(N)=O)CC3)nc21. The number of aromatic nitrogens is 6. The van der Waals surface area contributed by atoms with Gasteiger partial charge in [0.05, 0.1) is 12.0 Å². The fraction of sp³-hybridized carbons (Fsp3) is 0.348. The predicted molar refractivity (Wildman–Crippen MR) is 128 cm³/mol. The Morgan fingerprint density at radius 1 is 1.21 bits per heavy atom. The van der Waals surface area contributed by atoms with Gasteiger partial charge in [-0.1, -0.05) is 18.2 Å². The summed E-state index contributed by atoms with van der Waals surface area (Å²) in [5.41, 5.74) is 8.77. The Morgan fingerprint density at radius 2 is 2.03 bits per heavy atom. The summed E-state index contributed by atoms with van der Waals surface area (Å²) in [4.78, 5) is 27.4. The van der Waals surface area contributed by atoms with Crippen LogP contribution in [-0.4, -0.2) is 54.6 Å². The second-order valence-corrected chi connectivity index (χ2v) is 8.13. The number of hydrogen-bond acceptors (Lipinski definition) is 8. The first kappa shape index (κ1) is 21.7. The fourth-order valence-corrected chi connectivity index (χ4v) is 4.24. The molecule has 11 heteroatoms. The number of nitrogens with zero attached hydrogens (tertiary/aromatic N) is 7. The third kappa shape index (κ3) is 4.36. The number of carbonyl (C=O) groups excluding carboxylic acids is 1. The first-order chi connectivity index (χ1) is 16.6. The van der Waals surface area contributed by atoms with Crippen LogP contribution in [0.15, 0.2) is 49.1 Å². The van der Waals surface area contributed by atoms with Crippen LogP contribution in [0.4, 0.5) is 16.6 Å². The number of carbonyl (C=O) groups is 1. The van der Waals surface area contributed by atoms with E-state index in [0.717, 1.165) is 29.0 Å². The van der Waals surface area contributed by atoms with E-state index in [2.05, 4.69) is 33.3 Å². The summed E-state index contributed by atoms with van der Waals surface area (Å²) in [6.45, 7) is 4.71. The zero-order valence-electron chi connectivity index (χ0n) is 19.0. The van der Waals surface area contributed by atoms with E-state index in [9.17, 15) is 4.79 Å². The van der Waals surface area contributed by atoms with Gasteiger partial charge in [-0.3, -0.25) is 0 Å². The smallest absolute Gasteiger partial charge is 0.404 e. The number of hydrogen-bond donors (Lipinski definition) is 2. The lowest BCUT2D eigenvalue weighted by atomic mass is 10.1. The van der Waals surface area contributed by atoms with Gasteiger partial charge in [0.1, 0.15) is 6.10 Å². The van der Waals surface area contributed by atoms with Gasteiger partial charge in [-0.2, -0.15) is 15.1 Å². The van der Waals surface area contributed by atoms with E-state index in [4.69, 9.17) is 20.4 Å². The number of fused-ring (bicyclic) bond motifs is 1. The van der Waals surface area contributed by atoms with Crippen LogP contribution in [0.25, 0.3) is 16.9 Å². The molecular formula is C23H27N9O2. The number of imidazole rings is 1. The molecule has 1 fully saturated rings. The number of aryl methyl sites for hydroxylation is 1. The molecule has 5 rings (SSSR count). The third-order valence-electron chi connectivity index (χ3n) is 5.99. The zero-order chi connectivity index (χ0) is 23.5. The highest BCUT2D eigenvalue weighted by Gasteiger charge is 2.25. The number of benzene rings is 1. The van der Waals surface area contributed by atoms with Crippen LogP contribution in [0, 0.1) is 0 Å². The molecule has 3 N–H and O–H groups in total. The Bertz CT molecular complexity index is 1280. The van der Waals surface area contributed by atoms with Crippen molar-refractivity contribution in [1.82, 2.24) is 29.3 Å². The van der Waals surface area contributed by atoms with E-state index in [1.54, 1.807) is 12.5 Å². The minimum Gasteiger partial charge on any atom is -0.446 e. The maximum absolute atomic E-state index is 11.1. The van der Waals surface area contributed by atoms with Crippen molar-refractivity contribution in [3.63, 3.8) is 0 Å². The first-order valence-electron chi connectivity index (χ1n) is 11.4. The Kier molecular flexibility index (Phi) is 5.98. The van der Waals surface area contributed by atoms with Gasteiger partial charge in [0.15, 0.2) is 17.0 Å². The highest BCUT2D eigenvalue weighted by atomic mass is 16.6. The van der Waals surface area contributed by atoms with Crippen molar-refractivity contribution in [2.45, 2.75) is 39.0 Å². The number of nitrogens with one attached hydrogen (secondary N) is 1. The van der Waals surface area contributed by atoms with E-state index in [1.807, 2.05) is 39.7 Å². The lowest BCUT2D eigenvalue weighted by molar-refractivity contribution is 0.0911. The van der Waals surface area contributed by atoms with Crippen LogP contribution in [0.2, 0.25) is 0 Å². The molecule has 0 aliphatic carbocycles. The van der Waals surface area contributed by atoms with Crippen LogP contribution in [0.1, 0.15) is 25.3 Å². The van der Waals surface area contributed by atoms with Crippen molar-refractivity contribution in [1.29, 1.82) is 0 Å². The van der Waals surface area contributed by atoms with Gasteiger partial charge >= 0.3 is 6.09 Å². The molecule has 176 valence electrons. The standard InChI is InChI=1S/C23H27N9O2/c1-2-30-15-26-19-20(25-14-16-6-3-4-7-18(16)32-11-5-10-27-32)28-23(29-21(19)30)31-12-8-17(9-13-31)34-22(24)33/h3-7,10-11,15,17H,2,8-9,12-14H2,1H3,(H2,24,33)(H,25,28,29). The highest BCUT2D eigenvalue weighted by molar-refractivity contribution is 5.84. The molecule has 0 spiro atoms. The quantitative estimate of drug-likeness (QED) is 0.430. The molecule has 1 amide bonds. The summed E-state index contributed by atoms with van der Waals surface area (Å²) < 4.78 is 9.02. The molecule has 4 heterocycles. The fourth-order valence-electron chi connectivity index (χ4n) is 4.24. The molecule has 0 saturated carbocycles. The van der Waals surface area contributed by atoms with Gasteiger partial charge < -0.3 is 25.3 Å². The Morgan fingerprint density at radius 3 is 2.76 bits per heavy atom. The van der Waals surface area contributed by atoms with Crippen molar-refractivity contribution >= 4 is 29.0 Å². The topological polar surface area (TPSA) is 129 Å². The second kappa shape index (κ2) is 9.38. The molecular weight excluding hydrogens is 434 g/mol. The maximum atomic E-state index is 11.1. The van der Waals surface area contributed by atoms with E-state index >= 15 is 0 Å². The Balaban J connectivity index is 1.42. The predicted octanol–water partition coefficient (Wildman–Crippen LogP) is 2.71. The molecule has 0 radical (unpaired) electrons. The van der Waals surface area contributed by atoms with E-state index in [0.29, 0.717) is 44.2 Å². The largest absolute Gasteiger partial charge is 0.446 e. The molecule has 1 aliphatic rings. The zero-order valence-corrected chi connectivity index (χ0v) is 19.0. The van der Waals surface area contributed by atoms with Gasteiger partial charge in [-0.05, 0) is 24.6 Å². The summed E-state index contributed by atoms with van der Waals surface area (Å²) >= 11 is 0. The van der Waals surface area contributed by atoms with Gasteiger partial charge in [0, 0.05) is 51.4 Å². The van der Waals surface area contributed by atoms with Gasteiger partial charge in [-0.15, -0.1) is 0 Å². The number of rotatable bonds is 7. The molecule has 4 aromatic rings. The number of para-hydroxylation sites is 1. The van der Waals surface area contributed by atoms with Gasteiger partial charge in [0.25, 0.3) is 0 Å². The van der Waals surface area contributed by atoms with Crippen molar-refractivity contribution < 1.29 is 9.53 Å². The molecule has 3 aromatic heterocycles. The van der Waals surface area contributed by atoms with Gasteiger partial charge in [-0.25, -0.2) is 14.5 Å². The van der Waals surface area contributed by atoms with Gasteiger partial charge in [0.2, 0.25) is 5.95 Å². The molecule has 11 nitrogen and oxygen atoms in total. The molecule has 1 saturated heterocycles. The number of primary amides is 1. The summed E-state index contributed by atoms with van der Waals surface area (Å²) in [6, 6.07) is 10.0. The summed E-state index contributed by atoms with van der Waals surface area (Å²) in [5, 5.41) is 7.85. The highest BCUT2D eigenvalue weighted by Crippen LogP contribution is 2.26. The summed E-state index contributed by atoms with van der Waals surface area (Å²) in [5.74, 6) is 1.31. The normalized spacial score (nSPS) is 14.4. The van der Waals surface area contributed by atoms with Crippen LogP contribution in [0.3, 0.4) is 0 Å². The average molecular weight is 462 g/mol. The van der Waals surface area contributed by atoms with Crippen molar-refractivity contribution in [3.05, 3.63) is 54.6 Å². The Hall–Kier alpha value is -4.15. The molecule has 0 bridgehead atoms. The van der Waals surface area contributed by atoms with Crippen LogP contribution in [-0.2, 0) is 17.8 Å². The molecule has 1 aliphatic heterocycles. The molecule has 0 atom stereocenters. The number of nitrogens with two attached hydrogens (primary N) is 1. The molecule has 34 heavy (non-hydrogen) atoms. The third-order valence-corrected chi connectivity index (χ3v) is 5.99. The minimum absolute atomic E-state index is 0.171. The van der Waals surface area contributed by atoms with E-state index < -0.39 is 6.09 Å². The number of amides is 1. The summed E-state index contributed by atoms with van der Waals surface area (Å²) in [6.07, 6.45) is 5.93. The average Bonchev–Trinajstić information content (AvgIpc) is 3.53. The van der Waals surface area contributed by atoms with Crippen LogP contribution >= 0.6 is 0 Å². The Labute approximate surface area is 196 Å². The molecule has 0 unspecified atom stereocenters.